The van der Waals surface area contributed by atoms with Gasteiger partial charge in [-0.3, -0.25) is 0 Å². The molecule has 18 heavy (non-hydrogen) atoms. The molecule has 1 unspecified atom stereocenters. The Hall–Kier alpha value is -1.02. The van der Waals surface area contributed by atoms with Gasteiger partial charge in [-0.1, -0.05) is 39.8 Å². The quantitative estimate of drug-likeness (QED) is 0.820. The summed E-state index contributed by atoms with van der Waals surface area (Å²) in [4.78, 5) is 0. The number of rotatable bonds is 6. The molecular formula is C16H27NO. The van der Waals surface area contributed by atoms with Gasteiger partial charge in [-0.2, -0.15) is 0 Å². The minimum atomic E-state index is 0.247. The zero-order valence-electron chi connectivity index (χ0n) is 12.6. The molecule has 0 heterocycles. The smallest absolute Gasteiger partial charge is 0.121 e. The van der Waals surface area contributed by atoms with Crippen molar-refractivity contribution in [3.8, 4) is 5.75 Å². The maximum absolute atomic E-state index is 5.33. The molecule has 0 radical (unpaired) electrons. The monoisotopic (exact) mass is 249 g/mol. The molecule has 2 heteroatoms. The topological polar surface area (TPSA) is 21.3 Å². The van der Waals surface area contributed by atoms with Crippen LogP contribution in [0.25, 0.3) is 0 Å². The van der Waals surface area contributed by atoms with Crippen molar-refractivity contribution in [2.24, 2.45) is 5.41 Å². The van der Waals surface area contributed by atoms with Gasteiger partial charge >= 0.3 is 0 Å². The SMILES string of the molecule is CCNC(c1ccc(OC)c(C)c1)C(C)(C)CC. The fourth-order valence-electron chi connectivity index (χ4n) is 2.33. The van der Waals surface area contributed by atoms with Crippen molar-refractivity contribution in [1.29, 1.82) is 0 Å². The first kappa shape index (κ1) is 15.0. The third kappa shape index (κ3) is 3.26. The second-order valence-electron chi connectivity index (χ2n) is 5.56. The van der Waals surface area contributed by atoms with Crippen molar-refractivity contribution in [1.82, 2.24) is 5.32 Å². The highest BCUT2D eigenvalue weighted by Gasteiger charge is 2.28. The lowest BCUT2D eigenvalue weighted by molar-refractivity contribution is 0.237. The highest BCUT2D eigenvalue weighted by atomic mass is 16.5. The normalized spacial score (nSPS) is 13.4. The average molecular weight is 249 g/mol. The zero-order valence-corrected chi connectivity index (χ0v) is 12.6. The van der Waals surface area contributed by atoms with Gasteiger partial charge in [0.1, 0.15) is 5.75 Å². The van der Waals surface area contributed by atoms with Crippen LogP contribution in [0.3, 0.4) is 0 Å². The lowest BCUT2D eigenvalue weighted by atomic mass is 9.78. The first-order valence-electron chi connectivity index (χ1n) is 6.84. The van der Waals surface area contributed by atoms with Crippen LogP contribution in [0, 0.1) is 12.3 Å². The first-order valence-corrected chi connectivity index (χ1v) is 6.84. The van der Waals surface area contributed by atoms with Crippen molar-refractivity contribution in [2.75, 3.05) is 13.7 Å². The molecule has 1 rings (SSSR count). The highest BCUT2D eigenvalue weighted by molar-refractivity contribution is 5.38. The van der Waals surface area contributed by atoms with E-state index >= 15 is 0 Å². The third-order valence-corrected chi connectivity index (χ3v) is 3.85. The summed E-state index contributed by atoms with van der Waals surface area (Å²) in [5, 5.41) is 3.61. The second kappa shape index (κ2) is 6.24. The van der Waals surface area contributed by atoms with Crippen LogP contribution in [0.15, 0.2) is 18.2 Å². The number of benzene rings is 1. The third-order valence-electron chi connectivity index (χ3n) is 3.85. The van der Waals surface area contributed by atoms with Gasteiger partial charge in [-0.15, -0.1) is 0 Å². The molecule has 0 aliphatic rings. The Morgan fingerprint density at radius 2 is 1.94 bits per heavy atom. The number of hydrogen-bond acceptors (Lipinski definition) is 2. The first-order chi connectivity index (χ1) is 8.46. The molecule has 0 aromatic heterocycles. The van der Waals surface area contributed by atoms with Crippen LogP contribution in [-0.2, 0) is 0 Å². The second-order valence-corrected chi connectivity index (χ2v) is 5.56. The maximum Gasteiger partial charge on any atom is 0.121 e. The van der Waals surface area contributed by atoms with Gasteiger partial charge in [0.25, 0.3) is 0 Å². The van der Waals surface area contributed by atoms with E-state index in [1.54, 1.807) is 7.11 Å². The summed E-state index contributed by atoms with van der Waals surface area (Å²) in [6.45, 7) is 12.1. The Morgan fingerprint density at radius 3 is 2.39 bits per heavy atom. The molecule has 0 saturated heterocycles. The van der Waals surface area contributed by atoms with Crippen molar-refractivity contribution in [3.63, 3.8) is 0 Å². The van der Waals surface area contributed by atoms with E-state index in [-0.39, 0.29) is 5.41 Å². The number of aryl methyl sites for hydroxylation is 1. The molecule has 2 nitrogen and oxygen atoms in total. The Balaban J connectivity index is 3.10. The van der Waals surface area contributed by atoms with Gasteiger partial charge in [-0.25, -0.2) is 0 Å². The Morgan fingerprint density at radius 1 is 1.28 bits per heavy atom. The van der Waals surface area contributed by atoms with Crippen molar-refractivity contribution in [3.05, 3.63) is 29.3 Å². The van der Waals surface area contributed by atoms with E-state index in [9.17, 15) is 0 Å². The summed E-state index contributed by atoms with van der Waals surface area (Å²) in [6.07, 6.45) is 1.15. The number of nitrogens with one attached hydrogen (secondary N) is 1. The summed E-state index contributed by atoms with van der Waals surface area (Å²) in [5.41, 5.74) is 2.80. The summed E-state index contributed by atoms with van der Waals surface area (Å²) in [7, 11) is 1.72. The van der Waals surface area contributed by atoms with Gasteiger partial charge in [0, 0.05) is 6.04 Å². The minimum Gasteiger partial charge on any atom is -0.496 e. The summed E-state index contributed by atoms with van der Waals surface area (Å²) in [6, 6.07) is 6.87. The average Bonchev–Trinajstić information content (AvgIpc) is 2.35. The van der Waals surface area contributed by atoms with E-state index in [0.717, 1.165) is 18.7 Å². The number of hydrogen-bond donors (Lipinski definition) is 1. The Labute approximate surface area is 112 Å². The number of methoxy groups -OCH3 is 1. The van der Waals surface area contributed by atoms with Crippen LogP contribution in [0.1, 0.15) is 51.3 Å². The van der Waals surface area contributed by atoms with Crippen molar-refractivity contribution >= 4 is 0 Å². The molecule has 0 spiro atoms. The predicted octanol–water partition coefficient (Wildman–Crippen LogP) is 4.09. The standard InChI is InChI=1S/C16H27NO/c1-7-16(4,5)15(17-8-2)13-9-10-14(18-6)12(3)11-13/h9-11,15,17H,7-8H2,1-6H3. The van der Waals surface area contributed by atoms with E-state index in [1.807, 2.05) is 0 Å². The van der Waals surface area contributed by atoms with Crippen LogP contribution in [0.2, 0.25) is 0 Å². The largest absolute Gasteiger partial charge is 0.496 e. The molecule has 0 aliphatic carbocycles. The minimum absolute atomic E-state index is 0.247. The molecule has 0 fully saturated rings. The lowest BCUT2D eigenvalue weighted by Crippen LogP contribution is -2.33. The van der Waals surface area contributed by atoms with Crippen molar-refractivity contribution < 1.29 is 4.74 Å². The summed E-state index contributed by atoms with van der Waals surface area (Å²) in [5.74, 6) is 0.961. The molecule has 0 amide bonds. The maximum atomic E-state index is 5.33. The van der Waals surface area contributed by atoms with E-state index in [4.69, 9.17) is 4.74 Å². The molecule has 0 saturated carbocycles. The lowest BCUT2D eigenvalue weighted by Gasteiger charge is -2.35. The molecular weight excluding hydrogens is 222 g/mol. The van der Waals surface area contributed by atoms with Gasteiger partial charge in [0.05, 0.1) is 7.11 Å². The van der Waals surface area contributed by atoms with E-state index < -0.39 is 0 Å². The molecule has 102 valence electrons. The van der Waals surface area contributed by atoms with Crippen molar-refractivity contribution in [2.45, 2.75) is 47.1 Å². The van der Waals surface area contributed by atoms with Gasteiger partial charge < -0.3 is 10.1 Å². The Kier molecular flexibility index (Phi) is 5.21. The molecule has 1 aromatic rings. The van der Waals surface area contributed by atoms with Gasteiger partial charge in [0.2, 0.25) is 0 Å². The molecule has 0 bridgehead atoms. The zero-order chi connectivity index (χ0) is 13.8. The number of ether oxygens (including phenoxy) is 1. The predicted molar refractivity (Wildman–Crippen MR) is 78.2 cm³/mol. The molecule has 1 N–H and O–H groups in total. The van der Waals surface area contributed by atoms with Crippen LogP contribution < -0.4 is 10.1 Å². The van der Waals surface area contributed by atoms with Crippen LogP contribution in [-0.4, -0.2) is 13.7 Å². The fourth-order valence-corrected chi connectivity index (χ4v) is 2.33. The van der Waals surface area contributed by atoms with Crippen LogP contribution in [0.4, 0.5) is 0 Å². The summed E-state index contributed by atoms with van der Waals surface area (Å²) < 4.78 is 5.33. The molecule has 1 atom stereocenters. The summed E-state index contributed by atoms with van der Waals surface area (Å²) >= 11 is 0. The molecule has 0 aliphatic heterocycles. The van der Waals surface area contributed by atoms with E-state index in [0.29, 0.717) is 6.04 Å². The fraction of sp³-hybridized carbons (Fsp3) is 0.625. The van der Waals surface area contributed by atoms with Crippen LogP contribution >= 0.6 is 0 Å². The van der Waals surface area contributed by atoms with E-state index in [1.165, 1.54) is 11.1 Å². The highest BCUT2D eigenvalue weighted by Crippen LogP contribution is 2.37. The van der Waals surface area contributed by atoms with Gasteiger partial charge in [0.15, 0.2) is 0 Å². The van der Waals surface area contributed by atoms with Gasteiger partial charge in [-0.05, 0) is 42.5 Å². The van der Waals surface area contributed by atoms with Crippen LogP contribution in [0.5, 0.6) is 5.75 Å². The Bertz CT molecular complexity index is 385. The van der Waals surface area contributed by atoms with E-state index in [2.05, 4.69) is 58.1 Å². The molecule has 1 aromatic carbocycles.